The summed E-state index contributed by atoms with van der Waals surface area (Å²) in [4.78, 5) is 38.0. The van der Waals surface area contributed by atoms with Crippen molar-refractivity contribution in [1.82, 2.24) is 0 Å². The molecular weight excluding hydrogens is 480 g/mol. The van der Waals surface area contributed by atoms with Crippen LogP contribution in [0.25, 0.3) is 0 Å². The van der Waals surface area contributed by atoms with Crippen molar-refractivity contribution in [3.05, 3.63) is 108 Å². The number of ether oxygens (including phenoxy) is 5. The molecule has 192 valence electrons. The van der Waals surface area contributed by atoms with Gasteiger partial charge in [0.2, 0.25) is 0 Å². The maximum atomic E-state index is 12.8. The van der Waals surface area contributed by atoms with Crippen LogP contribution in [0.4, 0.5) is 0 Å². The van der Waals surface area contributed by atoms with Crippen LogP contribution in [0.5, 0.6) is 0 Å². The number of benzene rings is 3. The lowest BCUT2D eigenvalue weighted by Gasteiger charge is -2.42. The summed E-state index contributed by atoms with van der Waals surface area (Å²) in [5.41, 5.74) is 0.803. The summed E-state index contributed by atoms with van der Waals surface area (Å²) in [6, 6.07) is 24.7. The topological polar surface area (TPSA) is 118 Å². The lowest BCUT2D eigenvalue weighted by atomic mass is 9.98. The maximum Gasteiger partial charge on any atom is 0.338 e. The van der Waals surface area contributed by atoms with Gasteiger partial charge in [0, 0.05) is 7.11 Å². The molecule has 1 heterocycles. The van der Waals surface area contributed by atoms with Gasteiger partial charge in [-0.05, 0) is 36.4 Å². The fourth-order valence-corrected chi connectivity index (χ4v) is 3.84. The second kappa shape index (κ2) is 12.3. The standard InChI is InChI=1S/C28H26O9/c1-33-28-24(37-27(32)20-15-9-4-10-16-20)22(29)23(36-26(31)19-13-7-3-8-14-19)21(35-28)17-34-25(30)18-11-5-2-6-12-18/h2-16,21-24,28-29H,17H2,1H3/t21-,22+,23-,24+,28+/m1/s1. The fraction of sp³-hybridized carbons (Fsp3) is 0.250. The predicted molar refractivity (Wildman–Crippen MR) is 130 cm³/mol. The second-order valence-corrected chi connectivity index (χ2v) is 8.21. The van der Waals surface area contributed by atoms with E-state index in [4.69, 9.17) is 23.7 Å². The Bertz CT molecular complexity index is 1180. The van der Waals surface area contributed by atoms with Crippen molar-refractivity contribution < 1.29 is 43.2 Å². The van der Waals surface area contributed by atoms with E-state index in [9.17, 15) is 19.5 Å². The molecular formula is C28H26O9. The van der Waals surface area contributed by atoms with Gasteiger partial charge < -0.3 is 28.8 Å². The van der Waals surface area contributed by atoms with Crippen molar-refractivity contribution in [2.24, 2.45) is 0 Å². The fourth-order valence-electron chi connectivity index (χ4n) is 3.84. The molecule has 0 amide bonds. The Morgan fingerprint density at radius 3 is 1.59 bits per heavy atom. The molecule has 9 heteroatoms. The van der Waals surface area contributed by atoms with Gasteiger partial charge in [-0.15, -0.1) is 0 Å². The van der Waals surface area contributed by atoms with E-state index in [1.165, 1.54) is 7.11 Å². The summed E-state index contributed by atoms with van der Waals surface area (Å²) in [6.07, 6.45) is -6.59. The van der Waals surface area contributed by atoms with E-state index in [0.717, 1.165) is 0 Å². The van der Waals surface area contributed by atoms with Crippen LogP contribution < -0.4 is 0 Å². The average Bonchev–Trinajstić information content (AvgIpc) is 2.95. The van der Waals surface area contributed by atoms with Gasteiger partial charge in [0.25, 0.3) is 0 Å². The molecule has 0 spiro atoms. The summed E-state index contributed by atoms with van der Waals surface area (Å²) in [6.45, 7) is -0.364. The molecule has 0 radical (unpaired) electrons. The number of aliphatic hydroxyl groups is 1. The summed E-state index contributed by atoms with van der Waals surface area (Å²) < 4.78 is 27.7. The van der Waals surface area contributed by atoms with Crippen molar-refractivity contribution in [2.75, 3.05) is 13.7 Å². The van der Waals surface area contributed by atoms with E-state index in [-0.39, 0.29) is 17.7 Å². The summed E-state index contributed by atoms with van der Waals surface area (Å²) in [7, 11) is 1.31. The maximum absolute atomic E-state index is 12.8. The first kappa shape index (κ1) is 26.0. The molecule has 3 aromatic carbocycles. The minimum Gasteiger partial charge on any atom is -0.459 e. The highest BCUT2D eigenvalue weighted by molar-refractivity contribution is 5.90. The molecule has 4 rings (SSSR count). The smallest absolute Gasteiger partial charge is 0.338 e. The van der Waals surface area contributed by atoms with Crippen LogP contribution in [0.15, 0.2) is 91.0 Å². The molecule has 1 aliphatic heterocycles. The van der Waals surface area contributed by atoms with E-state index in [0.29, 0.717) is 5.56 Å². The van der Waals surface area contributed by atoms with Gasteiger partial charge in [-0.25, -0.2) is 14.4 Å². The monoisotopic (exact) mass is 506 g/mol. The molecule has 9 nitrogen and oxygen atoms in total. The molecule has 0 aliphatic carbocycles. The Morgan fingerprint density at radius 2 is 1.14 bits per heavy atom. The lowest BCUT2D eigenvalue weighted by molar-refractivity contribution is -0.292. The molecule has 1 aliphatic rings. The third-order valence-electron chi connectivity index (χ3n) is 5.74. The molecule has 0 aromatic heterocycles. The number of hydrogen-bond donors (Lipinski definition) is 1. The largest absolute Gasteiger partial charge is 0.459 e. The number of hydrogen-bond acceptors (Lipinski definition) is 9. The quantitative estimate of drug-likeness (QED) is 0.363. The van der Waals surface area contributed by atoms with E-state index >= 15 is 0 Å². The second-order valence-electron chi connectivity index (χ2n) is 8.21. The Labute approximate surface area is 213 Å². The summed E-state index contributed by atoms with van der Waals surface area (Å²) in [5.74, 6) is -2.09. The van der Waals surface area contributed by atoms with Crippen LogP contribution in [0.1, 0.15) is 31.1 Å². The number of rotatable bonds is 8. The van der Waals surface area contributed by atoms with Gasteiger partial charge in [-0.1, -0.05) is 54.6 Å². The van der Waals surface area contributed by atoms with Crippen LogP contribution >= 0.6 is 0 Å². The lowest BCUT2D eigenvalue weighted by Crippen LogP contribution is -2.61. The first-order chi connectivity index (χ1) is 18.0. The van der Waals surface area contributed by atoms with Crippen molar-refractivity contribution in [1.29, 1.82) is 0 Å². The zero-order chi connectivity index (χ0) is 26.2. The van der Waals surface area contributed by atoms with Crippen LogP contribution in [0.3, 0.4) is 0 Å². The van der Waals surface area contributed by atoms with Gasteiger partial charge in [-0.3, -0.25) is 0 Å². The third-order valence-corrected chi connectivity index (χ3v) is 5.74. The molecule has 3 aromatic rings. The van der Waals surface area contributed by atoms with Gasteiger partial charge in [0.1, 0.15) is 18.8 Å². The molecule has 0 saturated carbocycles. The van der Waals surface area contributed by atoms with Crippen molar-refractivity contribution >= 4 is 17.9 Å². The molecule has 37 heavy (non-hydrogen) atoms. The molecule has 0 unspecified atom stereocenters. The first-order valence-corrected chi connectivity index (χ1v) is 11.6. The van der Waals surface area contributed by atoms with E-state index < -0.39 is 48.6 Å². The van der Waals surface area contributed by atoms with Gasteiger partial charge in [-0.2, -0.15) is 0 Å². The highest BCUT2D eigenvalue weighted by Crippen LogP contribution is 2.28. The molecule has 1 fully saturated rings. The minimum atomic E-state index is -1.56. The first-order valence-electron chi connectivity index (χ1n) is 11.6. The highest BCUT2D eigenvalue weighted by atomic mass is 16.7. The number of esters is 3. The van der Waals surface area contributed by atoms with Crippen molar-refractivity contribution in [3.63, 3.8) is 0 Å². The normalized spacial score (nSPS) is 23.0. The molecule has 1 N–H and O–H groups in total. The molecule has 0 bridgehead atoms. The van der Waals surface area contributed by atoms with Crippen molar-refractivity contribution in [2.45, 2.75) is 30.7 Å². The predicted octanol–water partition coefficient (Wildman–Crippen LogP) is 3.03. The van der Waals surface area contributed by atoms with Gasteiger partial charge >= 0.3 is 17.9 Å². The van der Waals surface area contributed by atoms with Crippen LogP contribution in [0.2, 0.25) is 0 Å². The highest BCUT2D eigenvalue weighted by Gasteiger charge is 2.50. The van der Waals surface area contributed by atoms with E-state index in [2.05, 4.69) is 0 Å². The number of aliphatic hydroxyl groups excluding tert-OH is 1. The number of methoxy groups -OCH3 is 1. The molecule has 5 atom stereocenters. The Balaban J connectivity index is 1.55. The zero-order valence-corrected chi connectivity index (χ0v) is 20.0. The average molecular weight is 507 g/mol. The Kier molecular flexibility index (Phi) is 8.63. The minimum absolute atomic E-state index is 0.237. The summed E-state index contributed by atoms with van der Waals surface area (Å²) >= 11 is 0. The van der Waals surface area contributed by atoms with E-state index in [1.807, 2.05) is 0 Å². The Morgan fingerprint density at radius 1 is 0.703 bits per heavy atom. The Hall–Kier alpha value is -4.05. The van der Waals surface area contributed by atoms with Gasteiger partial charge in [0.05, 0.1) is 16.7 Å². The van der Waals surface area contributed by atoms with Crippen LogP contribution in [0, 0.1) is 0 Å². The number of carbonyl (C=O) groups excluding carboxylic acids is 3. The SMILES string of the molecule is CO[C@H]1O[C@H](COC(=O)c2ccccc2)[C@@H](OC(=O)c2ccccc2)[C@H](O)[C@@H]1OC(=O)c1ccccc1. The molecule has 1 saturated heterocycles. The van der Waals surface area contributed by atoms with Crippen LogP contribution in [-0.2, 0) is 23.7 Å². The van der Waals surface area contributed by atoms with E-state index in [1.54, 1.807) is 91.0 Å². The third kappa shape index (κ3) is 6.39. The number of carbonyl (C=O) groups is 3. The zero-order valence-electron chi connectivity index (χ0n) is 20.0. The van der Waals surface area contributed by atoms with Crippen molar-refractivity contribution in [3.8, 4) is 0 Å². The summed E-state index contributed by atoms with van der Waals surface area (Å²) in [5, 5.41) is 11.2. The van der Waals surface area contributed by atoms with Crippen LogP contribution in [-0.4, -0.2) is 67.4 Å². The van der Waals surface area contributed by atoms with Gasteiger partial charge in [0.15, 0.2) is 18.5 Å².